The zero-order valence-corrected chi connectivity index (χ0v) is 10.3. The number of halogens is 1. The molecule has 0 radical (unpaired) electrons. The Hall–Kier alpha value is -1.03. The van der Waals surface area contributed by atoms with Crippen molar-refractivity contribution in [3.63, 3.8) is 0 Å². The van der Waals surface area contributed by atoms with Gasteiger partial charge in [-0.3, -0.25) is 4.79 Å². The van der Waals surface area contributed by atoms with Crippen LogP contribution in [0.3, 0.4) is 0 Å². The van der Waals surface area contributed by atoms with Crippen LogP contribution in [-0.2, 0) is 11.2 Å². The summed E-state index contributed by atoms with van der Waals surface area (Å²) >= 11 is 3.46. The molecular formula is C11H12BrNO2. The lowest BCUT2D eigenvalue weighted by Crippen LogP contribution is -2.20. The summed E-state index contributed by atoms with van der Waals surface area (Å²) in [5.74, 6) is 0.908. The first kappa shape index (κ1) is 10.5. The largest absolute Gasteiger partial charge is 0.495 e. The topological polar surface area (TPSA) is 38.3 Å². The van der Waals surface area contributed by atoms with Crippen LogP contribution in [0.5, 0.6) is 5.75 Å². The fourth-order valence-corrected chi connectivity index (χ4v) is 2.64. The molecule has 1 heterocycles. The summed E-state index contributed by atoms with van der Waals surface area (Å²) in [7, 11) is 1.64. The lowest BCUT2D eigenvalue weighted by atomic mass is 9.98. The molecule has 0 aliphatic carbocycles. The number of carbonyl (C=O) groups is 1. The Morgan fingerprint density at radius 3 is 2.87 bits per heavy atom. The molecule has 1 amide bonds. The second kappa shape index (κ2) is 3.85. The molecule has 4 heteroatoms. The average Bonchev–Trinajstić information content (AvgIpc) is 2.19. The highest BCUT2D eigenvalue weighted by molar-refractivity contribution is 9.10. The number of fused-ring (bicyclic) bond motifs is 1. The number of benzene rings is 1. The molecule has 0 atom stereocenters. The summed E-state index contributed by atoms with van der Waals surface area (Å²) in [6, 6.07) is 1.96. The van der Waals surface area contributed by atoms with Crippen LogP contribution in [0.25, 0.3) is 0 Å². The van der Waals surface area contributed by atoms with Gasteiger partial charge in [-0.2, -0.15) is 0 Å². The highest BCUT2D eigenvalue weighted by Crippen LogP contribution is 2.39. The maximum atomic E-state index is 11.3. The third kappa shape index (κ3) is 1.74. The van der Waals surface area contributed by atoms with E-state index in [9.17, 15) is 4.79 Å². The van der Waals surface area contributed by atoms with Gasteiger partial charge in [-0.1, -0.05) is 0 Å². The van der Waals surface area contributed by atoms with Gasteiger partial charge in [-0.05, 0) is 40.9 Å². The molecule has 15 heavy (non-hydrogen) atoms. The first-order chi connectivity index (χ1) is 7.13. The van der Waals surface area contributed by atoms with E-state index in [0.29, 0.717) is 6.42 Å². The van der Waals surface area contributed by atoms with Crippen LogP contribution in [0, 0.1) is 6.92 Å². The Kier molecular flexibility index (Phi) is 2.69. The SMILES string of the molecule is COc1c(Br)cc(C)c2c1CCC(=O)N2. The zero-order valence-electron chi connectivity index (χ0n) is 8.69. The summed E-state index contributed by atoms with van der Waals surface area (Å²) in [5, 5.41) is 2.89. The van der Waals surface area contributed by atoms with E-state index in [4.69, 9.17) is 4.74 Å². The van der Waals surface area contributed by atoms with Gasteiger partial charge in [0.25, 0.3) is 0 Å². The van der Waals surface area contributed by atoms with Crippen LogP contribution in [0.2, 0.25) is 0 Å². The zero-order chi connectivity index (χ0) is 11.0. The predicted octanol–water partition coefficient (Wildman–Crippen LogP) is 2.65. The summed E-state index contributed by atoms with van der Waals surface area (Å²) in [5.41, 5.74) is 3.06. The van der Waals surface area contributed by atoms with E-state index in [-0.39, 0.29) is 5.91 Å². The minimum Gasteiger partial charge on any atom is -0.495 e. The molecule has 0 fully saturated rings. The predicted molar refractivity (Wildman–Crippen MR) is 62.4 cm³/mol. The number of amides is 1. The highest BCUT2D eigenvalue weighted by atomic mass is 79.9. The van der Waals surface area contributed by atoms with Crippen molar-refractivity contribution < 1.29 is 9.53 Å². The fraction of sp³-hybridized carbons (Fsp3) is 0.364. The van der Waals surface area contributed by atoms with Crippen molar-refractivity contribution >= 4 is 27.5 Å². The van der Waals surface area contributed by atoms with E-state index < -0.39 is 0 Å². The lowest BCUT2D eigenvalue weighted by molar-refractivity contribution is -0.116. The number of hydrogen-bond donors (Lipinski definition) is 1. The molecule has 3 nitrogen and oxygen atoms in total. The maximum absolute atomic E-state index is 11.3. The van der Waals surface area contributed by atoms with Gasteiger partial charge in [-0.25, -0.2) is 0 Å². The van der Waals surface area contributed by atoms with Gasteiger partial charge in [0.2, 0.25) is 5.91 Å². The van der Waals surface area contributed by atoms with Crippen LogP contribution in [0.4, 0.5) is 5.69 Å². The van der Waals surface area contributed by atoms with Crippen molar-refractivity contribution in [3.05, 3.63) is 21.7 Å². The van der Waals surface area contributed by atoms with Crippen molar-refractivity contribution in [2.24, 2.45) is 0 Å². The second-order valence-electron chi connectivity index (χ2n) is 3.61. The molecule has 1 aromatic carbocycles. The molecule has 0 saturated heterocycles. The third-order valence-corrected chi connectivity index (χ3v) is 3.19. The van der Waals surface area contributed by atoms with Crippen molar-refractivity contribution in [2.45, 2.75) is 19.8 Å². The van der Waals surface area contributed by atoms with Crippen LogP contribution in [0.1, 0.15) is 17.5 Å². The molecule has 1 aliphatic heterocycles. The van der Waals surface area contributed by atoms with Crippen LogP contribution in [0.15, 0.2) is 10.5 Å². The van der Waals surface area contributed by atoms with E-state index in [1.807, 2.05) is 13.0 Å². The molecule has 0 saturated carbocycles. The Bertz CT molecular complexity index is 429. The Balaban J connectivity index is 2.61. The molecule has 0 bridgehead atoms. The summed E-state index contributed by atoms with van der Waals surface area (Å²) in [6.45, 7) is 1.98. The molecule has 0 unspecified atom stereocenters. The van der Waals surface area contributed by atoms with Crippen LogP contribution < -0.4 is 10.1 Å². The van der Waals surface area contributed by atoms with Gasteiger partial charge in [0.1, 0.15) is 5.75 Å². The van der Waals surface area contributed by atoms with Gasteiger partial charge in [0, 0.05) is 12.0 Å². The van der Waals surface area contributed by atoms with Crippen molar-refractivity contribution in [1.29, 1.82) is 0 Å². The normalized spacial score (nSPS) is 14.5. The molecule has 1 N–H and O–H groups in total. The first-order valence-corrected chi connectivity index (χ1v) is 5.58. The highest BCUT2D eigenvalue weighted by Gasteiger charge is 2.22. The Morgan fingerprint density at radius 1 is 1.47 bits per heavy atom. The Morgan fingerprint density at radius 2 is 2.20 bits per heavy atom. The second-order valence-corrected chi connectivity index (χ2v) is 4.46. The number of methoxy groups -OCH3 is 1. The van der Waals surface area contributed by atoms with Gasteiger partial charge in [-0.15, -0.1) is 0 Å². The van der Waals surface area contributed by atoms with Gasteiger partial charge < -0.3 is 10.1 Å². The van der Waals surface area contributed by atoms with E-state index in [1.54, 1.807) is 7.11 Å². The van der Waals surface area contributed by atoms with E-state index in [2.05, 4.69) is 21.2 Å². The quantitative estimate of drug-likeness (QED) is 0.852. The lowest BCUT2D eigenvalue weighted by Gasteiger charge is -2.22. The third-order valence-electron chi connectivity index (χ3n) is 2.60. The van der Waals surface area contributed by atoms with Crippen molar-refractivity contribution in [2.75, 3.05) is 12.4 Å². The number of carbonyl (C=O) groups excluding carboxylic acids is 1. The smallest absolute Gasteiger partial charge is 0.224 e. The molecule has 0 aromatic heterocycles. The van der Waals surface area contributed by atoms with Crippen molar-refractivity contribution in [1.82, 2.24) is 0 Å². The molecule has 0 spiro atoms. The number of anilines is 1. The van der Waals surface area contributed by atoms with Crippen LogP contribution in [-0.4, -0.2) is 13.0 Å². The summed E-state index contributed by atoms with van der Waals surface area (Å²) < 4.78 is 6.28. The number of nitrogens with one attached hydrogen (secondary N) is 1. The fourth-order valence-electron chi connectivity index (χ4n) is 1.90. The monoisotopic (exact) mass is 269 g/mol. The Labute approximate surface area is 96.9 Å². The number of rotatable bonds is 1. The van der Waals surface area contributed by atoms with Gasteiger partial charge in [0.15, 0.2) is 0 Å². The summed E-state index contributed by atoms with van der Waals surface area (Å²) in [6.07, 6.45) is 1.27. The van der Waals surface area contributed by atoms with Crippen molar-refractivity contribution in [3.8, 4) is 5.75 Å². The number of ether oxygens (including phenoxy) is 1. The number of hydrogen-bond acceptors (Lipinski definition) is 2. The maximum Gasteiger partial charge on any atom is 0.224 e. The minimum atomic E-state index is 0.0787. The minimum absolute atomic E-state index is 0.0787. The molecule has 80 valence electrons. The first-order valence-electron chi connectivity index (χ1n) is 4.79. The molecule has 1 aromatic rings. The van der Waals surface area contributed by atoms with Gasteiger partial charge >= 0.3 is 0 Å². The number of aryl methyl sites for hydroxylation is 1. The summed E-state index contributed by atoms with van der Waals surface area (Å²) in [4.78, 5) is 11.3. The average molecular weight is 270 g/mol. The van der Waals surface area contributed by atoms with E-state index in [0.717, 1.165) is 33.5 Å². The van der Waals surface area contributed by atoms with Crippen LogP contribution >= 0.6 is 15.9 Å². The van der Waals surface area contributed by atoms with Gasteiger partial charge in [0.05, 0.1) is 17.3 Å². The molecule has 2 rings (SSSR count). The van der Waals surface area contributed by atoms with E-state index >= 15 is 0 Å². The molecule has 1 aliphatic rings. The van der Waals surface area contributed by atoms with E-state index in [1.165, 1.54) is 0 Å². The molecular weight excluding hydrogens is 258 g/mol. The standard InChI is InChI=1S/C11H12BrNO2/c1-6-5-8(12)11(15-2)7-3-4-9(14)13-10(6)7/h5H,3-4H2,1-2H3,(H,13,14).